The van der Waals surface area contributed by atoms with Gasteiger partial charge in [0.05, 0.1) is 5.56 Å². The van der Waals surface area contributed by atoms with E-state index in [0.717, 1.165) is 22.0 Å². The number of carbonyl (C=O) groups is 1. The molecule has 1 N–H and O–H groups in total. The molecular formula is C17H14FNO. The summed E-state index contributed by atoms with van der Waals surface area (Å²) in [5, 5.41) is 0.820. The second kappa shape index (κ2) is 4.60. The molecule has 0 aliphatic heterocycles. The van der Waals surface area contributed by atoms with Gasteiger partial charge in [0.1, 0.15) is 5.82 Å². The van der Waals surface area contributed by atoms with Crippen molar-refractivity contribution >= 4 is 16.7 Å². The zero-order valence-electron chi connectivity index (χ0n) is 11.3. The standard InChI is InChI=1S/C17H14FNO/c1-10-4-6-13(15(18)7-10)17(20)14-9-19-16-8-11(2)3-5-12(14)16/h3-9,19H,1-2H3. The molecule has 0 saturated carbocycles. The lowest BCUT2D eigenvalue weighted by Crippen LogP contribution is -2.03. The molecule has 0 atom stereocenters. The Balaban J connectivity index is 2.13. The molecular weight excluding hydrogens is 253 g/mol. The summed E-state index contributed by atoms with van der Waals surface area (Å²) >= 11 is 0. The highest BCUT2D eigenvalue weighted by Crippen LogP contribution is 2.23. The van der Waals surface area contributed by atoms with Gasteiger partial charge in [0.15, 0.2) is 5.78 Å². The van der Waals surface area contributed by atoms with E-state index >= 15 is 0 Å². The number of halogens is 1. The van der Waals surface area contributed by atoms with Crippen LogP contribution >= 0.6 is 0 Å². The van der Waals surface area contributed by atoms with Gasteiger partial charge in [-0.25, -0.2) is 4.39 Å². The number of hydrogen-bond acceptors (Lipinski definition) is 1. The minimum atomic E-state index is -0.475. The van der Waals surface area contributed by atoms with Gasteiger partial charge < -0.3 is 4.98 Å². The molecule has 3 aromatic rings. The Morgan fingerprint density at radius 1 is 1.00 bits per heavy atom. The van der Waals surface area contributed by atoms with Crippen molar-refractivity contribution in [2.75, 3.05) is 0 Å². The van der Waals surface area contributed by atoms with Crippen molar-refractivity contribution in [2.24, 2.45) is 0 Å². The number of H-pyrrole nitrogens is 1. The number of ketones is 1. The van der Waals surface area contributed by atoms with Crippen LogP contribution in [0.15, 0.2) is 42.6 Å². The zero-order valence-corrected chi connectivity index (χ0v) is 11.3. The molecule has 3 rings (SSSR count). The Kier molecular flexibility index (Phi) is 2.90. The fourth-order valence-corrected chi connectivity index (χ4v) is 2.38. The number of aryl methyl sites for hydroxylation is 2. The summed E-state index contributed by atoms with van der Waals surface area (Å²) < 4.78 is 13.9. The summed E-state index contributed by atoms with van der Waals surface area (Å²) in [5.41, 5.74) is 3.41. The summed E-state index contributed by atoms with van der Waals surface area (Å²) in [5.74, 6) is -0.769. The van der Waals surface area contributed by atoms with Crippen LogP contribution in [0.1, 0.15) is 27.0 Å². The lowest BCUT2D eigenvalue weighted by Gasteiger charge is -2.03. The number of benzene rings is 2. The maximum absolute atomic E-state index is 13.9. The molecule has 2 aromatic carbocycles. The molecule has 0 fully saturated rings. The van der Waals surface area contributed by atoms with Crippen molar-refractivity contribution in [3.8, 4) is 0 Å². The Bertz CT molecular complexity index is 817. The van der Waals surface area contributed by atoms with E-state index in [0.29, 0.717) is 5.56 Å². The SMILES string of the molecule is Cc1ccc(C(=O)c2c[nH]c3cc(C)ccc23)c(F)c1. The minimum Gasteiger partial charge on any atom is -0.360 e. The molecule has 0 bridgehead atoms. The van der Waals surface area contributed by atoms with Gasteiger partial charge in [-0.05, 0) is 43.2 Å². The first-order valence-electron chi connectivity index (χ1n) is 6.45. The molecule has 1 heterocycles. The molecule has 1 aromatic heterocycles. The van der Waals surface area contributed by atoms with Crippen molar-refractivity contribution in [1.82, 2.24) is 4.98 Å². The predicted octanol–water partition coefficient (Wildman–Crippen LogP) is 4.15. The van der Waals surface area contributed by atoms with E-state index in [9.17, 15) is 9.18 Å². The molecule has 100 valence electrons. The average Bonchev–Trinajstić information content (AvgIpc) is 2.80. The van der Waals surface area contributed by atoms with E-state index in [-0.39, 0.29) is 11.3 Å². The number of aromatic amines is 1. The Labute approximate surface area is 116 Å². The number of carbonyl (C=O) groups excluding carboxylic acids is 1. The predicted molar refractivity (Wildman–Crippen MR) is 77.6 cm³/mol. The van der Waals surface area contributed by atoms with Crippen molar-refractivity contribution in [2.45, 2.75) is 13.8 Å². The molecule has 3 heteroatoms. The number of hydrogen-bond donors (Lipinski definition) is 1. The van der Waals surface area contributed by atoms with Crippen molar-refractivity contribution in [3.05, 3.63) is 70.7 Å². The Morgan fingerprint density at radius 2 is 1.70 bits per heavy atom. The summed E-state index contributed by atoms with van der Waals surface area (Å²) in [6.45, 7) is 3.78. The van der Waals surface area contributed by atoms with Crippen molar-refractivity contribution in [3.63, 3.8) is 0 Å². The van der Waals surface area contributed by atoms with Gasteiger partial charge in [0.25, 0.3) is 0 Å². The van der Waals surface area contributed by atoms with Gasteiger partial charge in [-0.1, -0.05) is 18.2 Å². The normalized spacial score (nSPS) is 10.9. The van der Waals surface area contributed by atoms with E-state index in [1.54, 1.807) is 25.3 Å². The van der Waals surface area contributed by atoms with Gasteiger partial charge in [-0.2, -0.15) is 0 Å². The molecule has 0 unspecified atom stereocenters. The molecule has 0 amide bonds. The molecule has 0 aliphatic rings. The first kappa shape index (κ1) is 12.6. The molecule has 20 heavy (non-hydrogen) atoms. The van der Waals surface area contributed by atoms with Crippen LogP contribution in [0.2, 0.25) is 0 Å². The summed E-state index contributed by atoms with van der Waals surface area (Å²) in [6.07, 6.45) is 1.64. The van der Waals surface area contributed by atoms with Crippen molar-refractivity contribution in [1.29, 1.82) is 0 Å². The maximum Gasteiger partial charge on any atom is 0.198 e. The second-order valence-corrected chi connectivity index (χ2v) is 5.06. The van der Waals surface area contributed by atoms with Crippen LogP contribution in [0.4, 0.5) is 4.39 Å². The summed E-state index contributed by atoms with van der Waals surface area (Å²) in [7, 11) is 0. The van der Waals surface area contributed by atoms with Gasteiger partial charge in [0, 0.05) is 22.7 Å². The monoisotopic (exact) mass is 267 g/mol. The lowest BCUT2D eigenvalue weighted by molar-refractivity contribution is 0.103. The van der Waals surface area contributed by atoms with Crippen LogP contribution in [0.25, 0.3) is 10.9 Å². The number of nitrogens with one attached hydrogen (secondary N) is 1. The summed E-state index contributed by atoms with van der Waals surface area (Å²) in [6, 6.07) is 10.5. The molecule has 0 radical (unpaired) electrons. The van der Waals surface area contributed by atoms with E-state index < -0.39 is 5.82 Å². The molecule has 2 nitrogen and oxygen atoms in total. The Morgan fingerprint density at radius 3 is 2.45 bits per heavy atom. The third-order valence-electron chi connectivity index (χ3n) is 3.45. The van der Waals surface area contributed by atoms with Crippen LogP contribution in [0.3, 0.4) is 0 Å². The van der Waals surface area contributed by atoms with Crippen molar-refractivity contribution < 1.29 is 9.18 Å². The number of rotatable bonds is 2. The number of aromatic nitrogens is 1. The van der Waals surface area contributed by atoms with Crippen LogP contribution in [0, 0.1) is 19.7 Å². The van der Waals surface area contributed by atoms with E-state index in [1.807, 2.05) is 25.1 Å². The molecule has 0 aliphatic carbocycles. The number of fused-ring (bicyclic) bond motifs is 1. The third-order valence-corrected chi connectivity index (χ3v) is 3.45. The fraction of sp³-hybridized carbons (Fsp3) is 0.118. The largest absolute Gasteiger partial charge is 0.360 e. The fourth-order valence-electron chi connectivity index (χ4n) is 2.38. The maximum atomic E-state index is 13.9. The van der Waals surface area contributed by atoms with Gasteiger partial charge in [-0.3, -0.25) is 4.79 Å². The zero-order chi connectivity index (χ0) is 14.3. The van der Waals surface area contributed by atoms with Crippen LogP contribution in [-0.4, -0.2) is 10.8 Å². The minimum absolute atomic E-state index is 0.108. The highest BCUT2D eigenvalue weighted by molar-refractivity contribution is 6.16. The van der Waals surface area contributed by atoms with Gasteiger partial charge in [-0.15, -0.1) is 0 Å². The highest BCUT2D eigenvalue weighted by Gasteiger charge is 2.17. The smallest absolute Gasteiger partial charge is 0.198 e. The first-order chi connectivity index (χ1) is 9.56. The van der Waals surface area contributed by atoms with Crippen LogP contribution < -0.4 is 0 Å². The second-order valence-electron chi connectivity index (χ2n) is 5.06. The average molecular weight is 267 g/mol. The van der Waals surface area contributed by atoms with Gasteiger partial charge in [0.2, 0.25) is 0 Å². The van der Waals surface area contributed by atoms with E-state index in [1.165, 1.54) is 6.07 Å². The molecule has 0 saturated heterocycles. The summed E-state index contributed by atoms with van der Waals surface area (Å²) in [4.78, 5) is 15.5. The Hall–Kier alpha value is -2.42. The third kappa shape index (κ3) is 2.01. The van der Waals surface area contributed by atoms with E-state index in [4.69, 9.17) is 0 Å². The lowest BCUT2D eigenvalue weighted by atomic mass is 10.0. The van der Waals surface area contributed by atoms with E-state index in [2.05, 4.69) is 4.98 Å². The topological polar surface area (TPSA) is 32.9 Å². The van der Waals surface area contributed by atoms with Gasteiger partial charge >= 0.3 is 0 Å². The quantitative estimate of drug-likeness (QED) is 0.695. The molecule has 0 spiro atoms. The highest BCUT2D eigenvalue weighted by atomic mass is 19.1. The van der Waals surface area contributed by atoms with Crippen LogP contribution in [0.5, 0.6) is 0 Å². The van der Waals surface area contributed by atoms with Crippen LogP contribution in [-0.2, 0) is 0 Å². The first-order valence-corrected chi connectivity index (χ1v) is 6.45.